The van der Waals surface area contributed by atoms with Gasteiger partial charge in [0.25, 0.3) is 0 Å². The van der Waals surface area contributed by atoms with Crippen LogP contribution in [0.1, 0.15) is 37.7 Å². The van der Waals surface area contributed by atoms with Crippen molar-refractivity contribution < 1.29 is 4.74 Å². The zero-order valence-electron chi connectivity index (χ0n) is 16.3. The molecule has 1 aliphatic rings. The summed E-state index contributed by atoms with van der Waals surface area (Å²) in [5.41, 5.74) is 1.26. The van der Waals surface area contributed by atoms with Crippen molar-refractivity contribution in [3.8, 4) is 5.75 Å². The SMILES string of the molecule is CN=C(NCCCCOc1ccc(C)cc1)NCCN1CCCCC1.I. The highest BCUT2D eigenvalue weighted by Crippen LogP contribution is 2.11. The largest absolute Gasteiger partial charge is 0.494 e. The standard InChI is InChI=1S/C20H34N4O.HI/c1-18-8-10-19(11-9-18)25-17-7-4-12-22-20(21-2)23-13-16-24-14-5-3-6-15-24;/h8-11H,3-7,12-17H2,1-2H3,(H2,21,22,23);1H. The molecule has 148 valence electrons. The average Bonchev–Trinajstić information content (AvgIpc) is 2.65. The van der Waals surface area contributed by atoms with Gasteiger partial charge in [-0.3, -0.25) is 4.99 Å². The average molecular weight is 474 g/mol. The van der Waals surface area contributed by atoms with Crippen LogP contribution < -0.4 is 15.4 Å². The molecule has 1 aliphatic heterocycles. The van der Waals surface area contributed by atoms with Crippen LogP contribution >= 0.6 is 24.0 Å². The number of aliphatic imine (C=N–C) groups is 1. The molecular formula is C20H35IN4O. The molecule has 5 nitrogen and oxygen atoms in total. The van der Waals surface area contributed by atoms with Gasteiger partial charge in [-0.15, -0.1) is 24.0 Å². The number of hydrogen-bond acceptors (Lipinski definition) is 3. The van der Waals surface area contributed by atoms with E-state index >= 15 is 0 Å². The van der Waals surface area contributed by atoms with E-state index in [2.05, 4.69) is 39.6 Å². The first kappa shape index (κ1) is 23.0. The smallest absolute Gasteiger partial charge is 0.191 e. The molecule has 1 fully saturated rings. The predicted octanol–water partition coefficient (Wildman–Crippen LogP) is 3.42. The molecule has 2 N–H and O–H groups in total. The number of benzene rings is 1. The summed E-state index contributed by atoms with van der Waals surface area (Å²) in [5, 5.41) is 6.78. The van der Waals surface area contributed by atoms with Gasteiger partial charge in [0.15, 0.2) is 5.96 Å². The van der Waals surface area contributed by atoms with Gasteiger partial charge in [0.1, 0.15) is 5.75 Å². The van der Waals surface area contributed by atoms with Crippen LogP contribution in [-0.4, -0.2) is 57.2 Å². The highest BCUT2D eigenvalue weighted by Gasteiger charge is 2.09. The van der Waals surface area contributed by atoms with Crippen LogP contribution in [0.5, 0.6) is 5.75 Å². The zero-order chi connectivity index (χ0) is 17.7. The number of unbranched alkanes of at least 4 members (excludes halogenated alkanes) is 1. The van der Waals surface area contributed by atoms with Crippen molar-refractivity contribution in [2.45, 2.75) is 39.0 Å². The van der Waals surface area contributed by atoms with E-state index in [1.165, 1.54) is 37.9 Å². The Kier molecular flexibility index (Phi) is 12.5. The van der Waals surface area contributed by atoms with E-state index in [-0.39, 0.29) is 24.0 Å². The number of guanidine groups is 1. The molecular weight excluding hydrogens is 439 g/mol. The maximum absolute atomic E-state index is 5.75. The quantitative estimate of drug-likeness (QED) is 0.249. The minimum absolute atomic E-state index is 0. The number of hydrogen-bond donors (Lipinski definition) is 2. The van der Waals surface area contributed by atoms with Gasteiger partial charge in [-0.2, -0.15) is 0 Å². The second-order valence-corrected chi connectivity index (χ2v) is 6.70. The molecule has 2 rings (SSSR count). The Labute approximate surface area is 176 Å². The lowest BCUT2D eigenvalue weighted by atomic mass is 10.1. The third-order valence-electron chi connectivity index (χ3n) is 4.55. The topological polar surface area (TPSA) is 48.9 Å². The molecule has 6 heteroatoms. The van der Waals surface area contributed by atoms with Crippen LogP contribution in [-0.2, 0) is 0 Å². The van der Waals surface area contributed by atoms with Gasteiger partial charge in [-0.25, -0.2) is 0 Å². The van der Waals surface area contributed by atoms with Crippen LogP contribution in [0, 0.1) is 6.92 Å². The number of aryl methyl sites for hydroxylation is 1. The summed E-state index contributed by atoms with van der Waals surface area (Å²) in [4.78, 5) is 6.82. The van der Waals surface area contributed by atoms with E-state index in [0.29, 0.717) is 0 Å². The molecule has 0 unspecified atom stereocenters. The first-order valence-corrected chi connectivity index (χ1v) is 9.64. The van der Waals surface area contributed by atoms with Gasteiger partial charge >= 0.3 is 0 Å². The lowest BCUT2D eigenvalue weighted by Crippen LogP contribution is -2.42. The van der Waals surface area contributed by atoms with Gasteiger partial charge in [0.05, 0.1) is 6.61 Å². The molecule has 0 aliphatic carbocycles. The van der Waals surface area contributed by atoms with Crippen LogP contribution in [0.4, 0.5) is 0 Å². The molecule has 26 heavy (non-hydrogen) atoms. The Morgan fingerprint density at radius 2 is 1.73 bits per heavy atom. The molecule has 0 amide bonds. The molecule has 0 atom stereocenters. The lowest BCUT2D eigenvalue weighted by Gasteiger charge is -2.26. The van der Waals surface area contributed by atoms with Gasteiger partial charge < -0.3 is 20.3 Å². The number of nitrogens with zero attached hydrogens (tertiary/aromatic N) is 2. The van der Waals surface area contributed by atoms with Crippen molar-refractivity contribution in [3.05, 3.63) is 29.8 Å². The van der Waals surface area contributed by atoms with Crippen molar-refractivity contribution in [3.63, 3.8) is 0 Å². The molecule has 1 aromatic rings. The van der Waals surface area contributed by atoms with Crippen molar-refractivity contribution >= 4 is 29.9 Å². The highest BCUT2D eigenvalue weighted by atomic mass is 127. The Bertz CT molecular complexity index is 501. The molecule has 0 spiro atoms. The van der Waals surface area contributed by atoms with Crippen molar-refractivity contribution in [2.24, 2.45) is 4.99 Å². The van der Waals surface area contributed by atoms with E-state index in [9.17, 15) is 0 Å². The van der Waals surface area contributed by atoms with Crippen LogP contribution in [0.25, 0.3) is 0 Å². The first-order valence-electron chi connectivity index (χ1n) is 9.64. The number of likely N-dealkylation sites (tertiary alicyclic amines) is 1. The third kappa shape index (κ3) is 9.62. The molecule has 0 radical (unpaired) electrons. The first-order chi connectivity index (χ1) is 12.3. The van der Waals surface area contributed by atoms with E-state index in [0.717, 1.165) is 50.8 Å². The van der Waals surface area contributed by atoms with Crippen LogP contribution in [0.3, 0.4) is 0 Å². The third-order valence-corrected chi connectivity index (χ3v) is 4.55. The monoisotopic (exact) mass is 474 g/mol. The number of piperidine rings is 1. The fourth-order valence-corrected chi connectivity index (χ4v) is 2.99. The van der Waals surface area contributed by atoms with Gasteiger partial charge in [-0.05, 0) is 57.8 Å². The van der Waals surface area contributed by atoms with Crippen molar-refractivity contribution in [1.29, 1.82) is 0 Å². The van der Waals surface area contributed by atoms with Gasteiger partial charge in [0, 0.05) is 26.7 Å². The van der Waals surface area contributed by atoms with Crippen LogP contribution in [0.15, 0.2) is 29.3 Å². The highest BCUT2D eigenvalue weighted by molar-refractivity contribution is 14.0. The van der Waals surface area contributed by atoms with E-state index in [1.807, 2.05) is 19.2 Å². The maximum Gasteiger partial charge on any atom is 0.191 e. The van der Waals surface area contributed by atoms with Gasteiger partial charge in [-0.1, -0.05) is 24.1 Å². The van der Waals surface area contributed by atoms with Crippen LogP contribution in [0.2, 0.25) is 0 Å². The lowest BCUT2D eigenvalue weighted by molar-refractivity contribution is 0.232. The Morgan fingerprint density at radius 3 is 2.42 bits per heavy atom. The maximum atomic E-state index is 5.75. The second-order valence-electron chi connectivity index (χ2n) is 6.70. The molecule has 0 aromatic heterocycles. The summed E-state index contributed by atoms with van der Waals surface area (Å²) in [6.45, 7) is 8.31. The predicted molar refractivity (Wildman–Crippen MR) is 121 cm³/mol. The number of halogens is 1. The minimum Gasteiger partial charge on any atom is -0.494 e. The molecule has 1 aromatic carbocycles. The number of rotatable bonds is 9. The fraction of sp³-hybridized carbons (Fsp3) is 0.650. The van der Waals surface area contributed by atoms with E-state index in [4.69, 9.17) is 4.74 Å². The summed E-state index contributed by atoms with van der Waals surface area (Å²) < 4.78 is 5.75. The number of nitrogens with one attached hydrogen (secondary N) is 2. The summed E-state index contributed by atoms with van der Waals surface area (Å²) in [6.07, 6.45) is 6.18. The Balaban J connectivity index is 0.00000338. The number of ether oxygens (including phenoxy) is 1. The zero-order valence-corrected chi connectivity index (χ0v) is 18.6. The summed E-state index contributed by atoms with van der Waals surface area (Å²) in [6, 6.07) is 8.22. The Hall–Kier alpha value is -1.02. The minimum atomic E-state index is 0. The molecule has 0 saturated carbocycles. The molecule has 1 saturated heterocycles. The summed E-state index contributed by atoms with van der Waals surface area (Å²) in [7, 11) is 1.83. The van der Waals surface area contributed by atoms with Crippen molar-refractivity contribution in [1.82, 2.24) is 15.5 Å². The van der Waals surface area contributed by atoms with E-state index < -0.39 is 0 Å². The molecule has 0 bridgehead atoms. The van der Waals surface area contributed by atoms with Gasteiger partial charge in [0.2, 0.25) is 0 Å². The summed E-state index contributed by atoms with van der Waals surface area (Å²) in [5.74, 6) is 1.85. The normalized spacial score (nSPS) is 15.2. The van der Waals surface area contributed by atoms with E-state index in [1.54, 1.807) is 0 Å². The Morgan fingerprint density at radius 1 is 1.04 bits per heavy atom. The fourth-order valence-electron chi connectivity index (χ4n) is 2.99. The summed E-state index contributed by atoms with van der Waals surface area (Å²) >= 11 is 0. The van der Waals surface area contributed by atoms with Crippen molar-refractivity contribution in [2.75, 3.05) is 46.4 Å². The molecule has 1 heterocycles. The second kappa shape index (κ2) is 14.1.